The Bertz CT molecular complexity index is 1150. The zero-order chi connectivity index (χ0) is 22.6. The quantitative estimate of drug-likeness (QED) is 0.556. The molecule has 1 saturated heterocycles. The van der Waals surface area contributed by atoms with E-state index in [2.05, 4.69) is 32.2 Å². The molecule has 1 aliphatic rings. The van der Waals surface area contributed by atoms with E-state index in [1.54, 1.807) is 18.2 Å². The number of amidine groups is 1. The summed E-state index contributed by atoms with van der Waals surface area (Å²) in [6.07, 6.45) is 1.37. The first-order chi connectivity index (χ1) is 14.7. The topological polar surface area (TPSA) is 95.9 Å². The van der Waals surface area contributed by atoms with Crippen molar-refractivity contribution in [2.75, 3.05) is 11.9 Å². The van der Waals surface area contributed by atoms with Crippen LogP contribution in [0.4, 0.5) is 5.69 Å². The summed E-state index contributed by atoms with van der Waals surface area (Å²) < 4.78 is 30.0. The van der Waals surface area contributed by atoms with Crippen molar-refractivity contribution in [3.63, 3.8) is 0 Å². The largest absolute Gasteiger partial charge is 0.326 e. The molecule has 1 fully saturated rings. The molecule has 0 spiro atoms. The van der Waals surface area contributed by atoms with Gasteiger partial charge in [-0.2, -0.15) is 8.42 Å². The van der Waals surface area contributed by atoms with E-state index in [9.17, 15) is 18.0 Å². The van der Waals surface area contributed by atoms with Crippen LogP contribution in [0, 0.1) is 6.92 Å². The van der Waals surface area contributed by atoms with Crippen LogP contribution < -0.4 is 5.32 Å². The fourth-order valence-electron chi connectivity index (χ4n) is 2.85. The zero-order valence-corrected chi connectivity index (χ0v) is 19.8. The van der Waals surface area contributed by atoms with E-state index in [-0.39, 0.29) is 34.8 Å². The van der Waals surface area contributed by atoms with Crippen molar-refractivity contribution >= 4 is 60.4 Å². The number of carbonyl (C=O) groups excluding carboxylic acids is 2. The van der Waals surface area contributed by atoms with Gasteiger partial charge in [-0.1, -0.05) is 52.0 Å². The number of benzene rings is 2. The number of aryl methyl sites for hydroxylation is 1. The van der Waals surface area contributed by atoms with Crippen molar-refractivity contribution < 1.29 is 18.0 Å². The van der Waals surface area contributed by atoms with Crippen LogP contribution in [-0.4, -0.2) is 42.1 Å². The second-order valence-electron chi connectivity index (χ2n) is 6.71. The number of hydrogen-bond donors (Lipinski definition) is 1. The Balaban J connectivity index is 1.80. The van der Waals surface area contributed by atoms with Gasteiger partial charge < -0.3 is 5.32 Å². The van der Waals surface area contributed by atoms with Crippen LogP contribution in [0.25, 0.3) is 0 Å². The molecule has 1 N–H and O–H groups in total. The molecule has 3 rings (SSSR count). The van der Waals surface area contributed by atoms with Crippen LogP contribution in [0.1, 0.15) is 12.0 Å². The third-order valence-electron chi connectivity index (χ3n) is 4.43. The van der Waals surface area contributed by atoms with Gasteiger partial charge >= 0.3 is 0 Å². The minimum atomic E-state index is -4.02. The number of thioether (sulfide) groups is 1. The molecule has 31 heavy (non-hydrogen) atoms. The van der Waals surface area contributed by atoms with E-state index in [4.69, 9.17) is 0 Å². The maximum Gasteiger partial charge on any atom is 0.284 e. The van der Waals surface area contributed by atoms with Crippen LogP contribution in [-0.2, 0) is 19.6 Å². The Morgan fingerprint density at radius 3 is 2.58 bits per heavy atom. The van der Waals surface area contributed by atoms with E-state index in [1.807, 2.05) is 25.1 Å². The molecular formula is C21H20BrN3O4S2. The molecule has 1 aliphatic heterocycles. The Morgan fingerprint density at radius 1 is 1.26 bits per heavy atom. The second-order valence-corrected chi connectivity index (χ2v) is 10.4. The monoisotopic (exact) mass is 521 g/mol. The highest BCUT2D eigenvalue weighted by Crippen LogP contribution is 2.31. The predicted octanol–water partition coefficient (Wildman–Crippen LogP) is 3.96. The Kier molecular flexibility index (Phi) is 7.34. The van der Waals surface area contributed by atoms with E-state index < -0.39 is 15.3 Å². The lowest BCUT2D eigenvalue weighted by Crippen LogP contribution is -2.34. The Labute approximate surface area is 193 Å². The third-order valence-corrected chi connectivity index (χ3v) is 7.53. The van der Waals surface area contributed by atoms with Gasteiger partial charge in [0.25, 0.3) is 10.0 Å². The van der Waals surface area contributed by atoms with Gasteiger partial charge in [0.05, 0.1) is 4.90 Å². The zero-order valence-electron chi connectivity index (χ0n) is 16.6. The summed E-state index contributed by atoms with van der Waals surface area (Å²) in [5, 5.41) is 2.05. The van der Waals surface area contributed by atoms with Crippen molar-refractivity contribution in [3.05, 3.63) is 71.2 Å². The molecular weight excluding hydrogens is 502 g/mol. The number of carbonyl (C=O) groups is 2. The van der Waals surface area contributed by atoms with Crippen molar-refractivity contribution in [2.45, 2.75) is 23.5 Å². The first-order valence-corrected chi connectivity index (χ1v) is 12.4. The number of nitrogens with zero attached hydrogens (tertiary/aromatic N) is 2. The van der Waals surface area contributed by atoms with Crippen molar-refractivity contribution in [3.8, 4) is 0 Å². The lowest BCUT2D eigenvalue weighted by atomic mass is 10.2. The fraction of sp³-hybridized carbons (Fsp3) is 0.190. The van der Waals surface area contributed by atoms with Gasteiger partial charge in [-0.15, -0.1) is 11.0 Å². The molecule has 0 radical (unpaired) electrons. The third kappa shape index (κ3) is 5.63. The minimum absolute atomic E-state index is 0.00977. The van der Waals surface area contributed by atoms with E-state index in [0.29, 0.717) is 5.69 Å². The highest BCUT2D eigenvalue weighted by Gasteiger charge is 2.39. The molecule has 2 amide bonds. The number of nitrogens with one attached hydrogen (secondary N) is 1. The smallest absolute Gasteiger partial charge is 0.284 e. The van der Waals surface area contributed by atoms with Gasteiger partial charge in [0, 0.05) is 23.1 Å². The summed E-state index contributed by atoms with van der Waals surface area (Å²) in [6, 6.07) is 13.4. The van der Waals surface area contributed by atoms with Crippen LogP contribution in [0.15, 0.2) is 75.0 Å². The van der Waals surface area contributed by atoms with Crippen LogP contribution >= 0.6 is 27.7 Å². The predicted molar refractivity (Wildman–Crippen MR) is 126 cm³/mol. The summed E-state index contributed by atoms with van der Waals surface area (Å²) >= 11 is 4.22. The Morgan fingerprint density at radius 2 is 1.94 bits per heavy atom. The average Bonchev–Trinajstić information content (AvgIpc) is 2.98. The van der Waals surface area contributed by atoms with Crippen LogP contribution in [0.3, 0.4) is 0 Å². The van der Waals surface area contributed by atoms with Gasteiger partial charge in [-0.25, -0.2) is 0 Å². The van der Waals surface area contributed by atoms with Crippen molar-refractivity contribution in [1.82, 2.24) is 4.90 Å². The fourth-order valence-corrected chi connectivity index (χ4v) is 5.48. The molecule has 162 valence electrons. The standard InChI is InChI=1S/C21H20BrN3O4S2/c1-3-12-25-20(27)18(13-19(26)23-17-7-5-4-6-14(17)2)30-21(25)24-31(28,29)16-10-8-15(22)9-11-16/h3-11,18H,1,12-13H2,2H3,(H,23,26). The molecule has 1 heterocycles. The molecule has 10 heteroatoms. The summed E-state index contributed by atoms with van der Waals surface area (Å²) in [7, 11) is -4.02. The molecule has 0 bridgehead atoms. The lowest BCUT2D eigenvalue weighted by Gasteiger charge is -2.14. The van der Waals surface area contributed by atoms with Crippen molar-refractivity contribution in [1.29, 1.82) is 0 Å². The maximum absolute atomic E-state index is 12.8. The highest BCUT2D eigenvalue weighted by molar-refractivity contribution is 9.10. The normalized spacial score (nSPS) is 17.7. The summed E-state index contributed by atoms with van der Waals surface area (Å²) in [5.41, 5.74) is 1.56. The summed E-state index contributed by atoms with van der Waals surface area (Å²) in [4.78, 5) is 26.6. The van der Waals surface area contributed by atoms with E-state index >= 15 is 0 Å². The van der Waals surface area contributed by atoms with Crippen molar-refractivity contribution in [2.24, 2.45) is 4.40 Å². The van der Waals surface area contributed by atoms with Crippen LogP contribution in [0.5, 0.6) is 0 Å². The van der Waals surface area contributed by atoms with Gasteiger partial charge in [0.1, 0.15) is 5.25 Å². The number of halogens is 1. The lowest BCUT2D eigenvalue weighted by molar-refractivity contribution is -0.127. The minimum Gasteiger partial charge on any atom is -0.326 e. The number of sulfonamides is 1. The first-order valence-electron chi connectivity index (χ1n) is 9.26. The summed E-state index contributed by atoms with van der Waals surface area (Å²) in [6.45, 7) is 5.58. The molecule has 2 aromatic carbocycles. The summed E-state index contributed by atoms with van der Waals surface area (Å²) in [5.74, 6) is -0.717. The molecule has 1 unspecified atom stereocenters. The second kappa shape index (κ2) is 9.80. The van der Waals surface area contributed by atoms with Gasteiger partial charge in [0.2, 0.25) is 11.8 Å². The molecule has 2 aromatic rings. The molecule has 0 saturated carbocycles. The SMILES string of the molecule is C=CCN1C(=O)C(CC(=O)Nc2ccccc2C)SC1=NS(=O)(=O)c1ccc(Br)cc1. The van der Waals surface area contributed by atoms with Gasteiger partial charge in [-0.05, 0) is 42.8 Å². The van der Waals surface area contributed by atoms with Gasteiger partial charge in [0.15, 0.2) is 5.17 Å². The van der Waals surface area contributed by atoms with Gasteiger partial charge in [-0.3, -0.25) is 14.5 Å². The number of anilines is 1. The highest BCUT2D eigenvalue weighted by atomic mass is 79.9. The number of rotatable bonds is 7. The number of amides is 2. The Hall–Kier alpha value is -2.43. The van der Waals surface area contributed by atoms with E-state index in [0.717, 1.165) is 21.8 Å². The first kappa shape index (κ1) is 23.2. The van der Waals surface area contributed by atoms with E-state index in [1.165, 1.54) is 23.1 Å². The average molecular weight is 522 g/mol. The molecule has 1 atom stereocenters. The molecule has 0 aromatic heterocycles. The number of para-hydroxylation sites is 1. The molecule has 0 aliphatic carbocycles. The maximum atomic E-state index is 12.8. The molecule has 7 nitrogen and oxygen atoms in total. The van der Waals surface area contributed by atoms with Crippen LogP contribution in [0.2, 0.25) is 0 Å². The number of hydrogen-bond acceptors (Lipinski definition) is 5.